The monoisotopic (exact) mass is 359 g/mol. The first-order chi connectivity index (χ1) is 12.2. The lowest BCUT2D eigenvalue weighted by molar-refractivity contribution is -0.116. The van der Waals surface area contributed by atoms with Gasteiger partial charge in [-0.3, -0.25) is 4.79 Å². The summed E-state index contributed by atoms with van der Waals surface area (Å²) in [6.45, 7) is 1.38. The normalized spacial score (nSPS) is 12.9. The van der Waals surface area contributed by atoms with Crippen LogP contribution in [0.15, 0.2) is 42.5 Å². The van der Waals surface area contributed by atoms with Crippen molar-refractivity contribution < 1.29 is 19.0 Å². The molecule has 0 unspecified atom stereocenters. The van der Waals surface area contributed by atoms with Crippen molar-refractivity contribution in [3.8, 4) is 17.2 Å². The average Bonchev–Trinajstić information content (AvgIpc) is 2.65. The number of amides is 1. The van der Waals surface area contributed by atoms with Crippen molar-refractivity contribution in [3.63, 3.8) is 0 Å². The standard InChI is InChI=1S/C19H18ClNO4/c1-23-15-4-2-3-14(9-15)12-21-18(22)6-5-13-10-16(20)19-17(11-13)24-7-8-25-19/h2-6,9-11H,7-8,12H2,1H3,(H,21,22)/b6-5+. The Kier molecular flexibility index (Phi) is 5.46. The van der Waals surface area contributed by atoms with Gasteiger partial charge in [-0.1, -0.05) is 23.7 Å². The van der Waals surface area contributed by atoms with Crippen molar-refractivity contribution in [1.29, 1.82) is 0 Å². The molecule has 3 rings (SSSR count). The van der Waals surface area contributed by atoms with Crippen molar-refractivity contribution in [2.24, 2.45) is 0 Å². The van der Waals surface area contributed by atoms with Gasteiger partial charge in [-0.05, 0) is 41.5 Å². The molecule has 1 aliphatic heterocycles. The van der Waals surface area contributed by atoms with Gasteiger partial charge in [0.05, 0.1) is 12.1 Å². The Morgan fingerprint density at radius 1 is 1.28 bits per heavy atom. The molecule has 6 heteroatoms. The number of methoxy groups -OCH3 is 1. The minimum atomic E-state index is -0.200. The fraction of sp³-hybridized carbons (Fsp3) is 0.211. The Bertz CT molecular complexity index is 804. The van der Waals surface area contributed by atoms with Gasteiger partial charge in [-0.2, -0.15) is 0 Å². The highest BCUT2D eigenvalue weighted by Crippen LogP contribution is 2.38. The summed E-state index contributed by atoms with van der Waals surface area (Å²) in [4.78, 5) is 12.0. The number of hydrogen-bond donors (Lipinski definition) is 1. The summed E-state index contributed by atoms with van der Waals surface area (Å²) in [7, 11) is 1.61. The Hall–Kier alpha value is -2.66. The SMILES string of the molecule is COc1cccc(CNC(=O)/C=C/c2cc(Cl)c3c(c2)OCCO3)c1. The molecule has 2 aromatic carbocycles. The van der Waals surface area contributed by atoms with E-state index in [2.05, 4.69) is 5.32 Å². The van der Waals surface area contributed by atoms with Crippen LogP contribution in [0.3, 0.4) is 0 Å². The second-order valence-corrected chi connectivity index (χ2v) is 5.84. The molecule has 2 aromatic rings. The molecule has 0 aromatic heterocycles. The van der Waals surface area contributed by atoms with Gasteiger partial charge >= 0.3 is 0 Å². The zero-order valence-corrected chi connectivity index (χ0v) is 14.5. The van der Waals surface area contributed by atoms with Crippen molar-refractivity contribution in [1.82, 2.24) is 5.32 Å². The first-order valence-corrected chi connectivity index (χ1v) is 8.21. The predicted molar refractivity (Wildman–Crippen MR) is 96.3 cm³/mol. The van der Waals surface area contributed by atoms with Gasteiger partial charge in [0.25, 0.3) is 0 Å². The summed E-state index contributed by atoms with van der Waals surface area (Å²) in [6, 6.07) is 11.1. The van der Waals surface area contributed by atoms with Crippen LogP contribution in [0.4, 0.5) is 0 Å². The van der Waals surface area contributed by atoms with E-state index in [9.17, 15) is 4.79 Å². The van der Waals surface area contributed by atoms with Gasteiger partial charge in [0.1, 0.15) is 19.0 Å². The van der Waals surface area contributed by atoms with Crippen LogP contribution in [0, 0.1) is 0 Å². The quantitative estimate of drug-likeness (QED) is 0.831. The highest BCUT2D eigenvalue weighted by atomic mass is 35.5. The van der Waals surface area contributed by atoms with Crippen molar-refractivity contribution >= 4 is 23.6 Å². The van der Waals surface area contributed by atoms with E-state index in [-0.39, 0.29) is 5.91 Å². The van der Waals surface area contributed by atoms with Gasteiger partial charge in [0, 0.05) is 12.6 Å². The molecular formula is C19H18ClNO4. The summed E-state index contributed by atoms with van der Waals surface area (Å²) in [5, 5.41) is 3.29. The molecule has 25 heavy (non-hydrogen) atoms. The second kappa shape index (κ2) is 7.94. The van der Waals surface area contributed by atoms with Gasteiger partial charge in [0.2, 0.25) is 5.91 Å². The van der Waals surface area contributed by atoms with Crippen LogP contribution >= 0.6 is 11.6 Å². The van der Waals surface area contributed by atoms with Crippen LogP contribution < -0.4 is 19.5 Å². The molecule has 0 radical (unpaired) electrons. The Morgan fingerprint density at radius 3 is 2.96 bits per heavy atom. The number of benzene rings is 2. The summed E-state index contributed by atoms with van der Waals surface area (Å²) in [5.41, 5.74) is 1.73. The third kappa shape index (κ3) is 4.45. The molecule has 1 amide bonds. The lowest BCUT2D eigenvalue weighted by Crippen LogP contribution is -2.20. The number of rotatable bonds is 5. The molecule has 0 atom stereocenters. The van der Waals surface area contributed by atoms with Crippen LogP contribution in [0.2, 0.25) is 5.02 Å². The van der Waals surface area contributed by atoms with Crippen molar-refractivity contribution in [2.45, 2.75) is 6.54 Å². The second-order valence-electron chi connectivity index (χ2n) is 5.43. The number of ether oxygens (including phenoxy) is 3. The lowest BCUT2D eigenvalue weighted by atomic mass is 10.1. The van der Waals surface area contributed by atoms with E-state index < -0.39 is 0 Å². The van der Waals surface area contributed by atoms with Crippen LogP contribution in [0.25, 0.3) is 6.08 Å². The topological polar surface area (TPSA) is 56.8 Å². The van der Waals surface area contributed by atoms with E-state index in [1.54, 1.807) is 25.3 Å². The summed E-state index contributed by atoms with van der Waals surface area (Å²) >= 11 is 6.18. The van der Waals surface area contributed by atoms with E-state index in [1.807, 2.05) is 24.3 Å². The molecular weight excluding hydrogens is 342 g/mol. The zero-order valence-electron chi connectivity index (χ0n) is 13.8. The molecule has 0 fully saturated rings. The van der Waals surface area contributed by atoms with Crippen LogP contribution in [-0.2, 0) is 11.3 Å². The largest absolute Gasteiger partial charge is 0.497 e. The first kappa shape index (κ1) is 17.2. The minimum absolute atomic E-state index is 0.200. The summed E-state index contributed by atoms with van der Waals surface area (Å²) in [5.74, 6) is 1.70. The number of halogens is 1. The maximum Gasteiger partial charge on any atom is 0.244 e. The molecule has 0 saturated heterocycles. The molecule has 0 saturated carbocycles. The van der Waals surface area contributed by atoms with E-state index in [0.717, 1.165) is 16.9 Å². The summed E-state index contributed by atoms with van der Waals surface area (Å²) < 4.78 is 16.2. The predicted octanol–water partition coefficient (Wildman–Crippen LogP) is 3.45. The highest BCUT2D eigenvalue weighted by molar-refractivity contribution is 6.32. The van der Waals surface area contributed by atoms with Crippen LogP contribution in [0.1, 0.15) is 11.1 Å². The number of fused-ring (bicyclic) bond motifs is 1. The van der Waals surface area contributed by atoms with E-state index in [4.69, 9.17) is 25.8 Å². The van der Waals surface area contributed by atoms with Gasteiger partial charge in [-0.15, -0.1) is 0 Å². The maximum atomic E-state index is 12.0. The van der Waals surface area contributed by atoms with Gasteiger partial charge in [0.15, 0.2) is 11.5 Å². The van der Waals surface area contributed by atoms with Gasteiger partial charge < -0.3 is 19.5 Å². The molecule has 0 spiro atoms. The Morgan fingerprint density at radius 2 is 2.12 bits per heavy atom. The van der Waals surface area contributed by atoms with Crippen LogP contribution in [0.5, 0.6) is 17.2 Å². The highest BCUT2D eigenvalue weighted by Gasteiger charge is 2.15. The summed E-state index contributed by atoms with van der Waals surface area (Å²) in [6.07, 6.45) is 3.15. The minimum Gasteiger partial charge on any atom is -0.497 e. The van der Waals surface area contributed by atoms with Crippen molar-refractivity contribution in [3.05, 3.63) is 58.6 Å². The molecule has 0 bridgehead atoms. The number of hydrogen-bond acceptors (Lipinski definition) is 4. The fourth-order valence-electron chi connectivity index (χ4n) is 2.43. The first-order valence-electron chi connectivity index (χ1n) is 7.83. The molecule has 1 N–H and O–H groups in total. The number of carbonyl (C=O) groups excluding carboxylic acids is 1. The molecule has 1 heterocycles. The van der Waals surface area contributed by atoms with Gasteiger partial charge in [-0.25, -0.2) is 0 Å². The molecule has 1 aliphatic rings. The van der Waals surface area contributed by atoms with Crippen molar-refractivity contribution in [2.75, 3.05) is 20.3 Å². The van der Waals surface area contributed by atoms with E-state index >= 15 is 0 Å². The van der Waals surface area contributed by atoms with E-state index in [1.165, 1.54) is 6.08 Å². The molecule has 0 aliphatic carbocycles. The third-order valence-electron chi connectivity index (χ3n) is 3.65. The molecule has 5 nitrogen and oxygen atoms in total. The third-order valence-corrected chi connectivity index (χ3v) is 3.93. The average molecular weight is 360 g/mol. The molecule has 130 valence electrons. The van der Waals surface area contributed by atoms with Crippen LogP contribution in [-0.4, -0.2) is 26.2 Å². The zero-order chi connectivity index (χ0) is 17.6. The number of carbonyl (C=O) groups is 1. The Balaban J connectivity index is 1.61. The number of nitrogens with one attached hydrogen (secondary N) is 1. The maximum absolute atomic E-state index is 12.0. The smallest absolute Gasteiger partial charge is 0.244 e. The Labute approximate surface area is 151 Å². The lowest BCUT2D eigenvalue weighted by Gasteiger charge is -2.19. The fourth-order valence-corrected chi connectivity index (χ4v) is 2.70. The van der Waals surface area contributed by atoms with E-state index in [0.29, 0.717) is 36.3 Å².